The van der Waals surface area contributed by atoms with Crippen LogP contribution in [0.3, 0.4) is 0 Å². The summed E-state index contributed by atoms with van der Waals surface area (Å²) in [6.07, 6.45) is 2.15. The summed E-state index contributed by atoms with van der Waals surface area (Å²) in [6.45, 7) is 2.21. The summed E-state index contributed by atoms with van der Waals surface area (Å²) in [4.78, 5) is 11.7. The number of phenolic OH excluding ortho intramolecular Hbond substituents is 1. The summed E-state index contributed by atoms with van der Waals surface area (Å²) in [5.41, 5.74) is 0.688. The Kier molecular flexibility index (Phi) is 4.09. The van der Waals surface area contributed by atoms with Gasteiger partial charge in [0.25, 0.3) is 0 Å². The molecular formula is C13H17ClN2O2. The van der Waals surface area contributed by atoms with E-state index in [4.69, 9.17) is 11.6 Å². The van der Waals surface area contributed by atoms with Crippen LogP contribution in [0.4, 0.5) is 0 Å². The molecule has 1 aromatic rings. The molecule has 0 saturated heterocycles. The molecule has 0 radical (unpaired) electrons. The second kappa shape index (κ2) is 5.59. The quantitative estimate of drug-likeness (QED) is 0.763. The standard InChI is InChI=1S/C13H17ClN2O2/c1-8(13(18)16-10-5-6-10)15-7-9-3-2-4-11(14)12(9)17/h2-4,8,10,15,17H,5-7H2,1H3,(H,16,18). The number of hydrogen-bond donors (Lipinski definition) is 3. The molecular weight excluding hydrogens is 252 g/mol. The summed E-state index contributed by atoms with van der Waals surface area (Å²) in [5.74, 6) is 0.0699. The van der Waals surface area contributed by atoms with Gasteiger partial charge in [0, 0.05) is 18.2 Å². The summed E-state index contributed by atoms with van der Waals surface area (Å²) < 4.78 is 0. The van der Waals surface area contributed by atoms with Crippen LogP contribution in [0.2, 0.25) is 5.02 Å². The van der Waals surface area contributed by atoms with Gasteiger partial charge in [-0.1, -0.05) is 23.7 Å². The Morgan fingerprint density at radius 3 is 2.94 bits per heavy atom. The molecule has 0 heterocycles. The second-order valence-corrected chi connectivity index (χ2v) is 5.04. The Balaban J connectivity index is 1.86. The van der Waals surface area contributed by atoms with E-state index in [0.29, 0.717) is 23.2 Å². The minimum absolute atomic E-state index is 0.000909. The summed E-state index contributed by atoms with van der Waals surface area (Å²) in [7, 11) is 0. The van der Waals surface area contributed by atoms with Gasteiger partial charge < -0.3 is 15.7 Å². The number of carbonyl (C=O) groups is 1. The monoisotopic (exact) mass is 268 g/mol. The maximum absolute atomic E-state index is 11.7. The number of halogens is 1. The molecule has 1 saturated carbocycles. The maximum atomic E-state index is 11.7. The van der Waals surface area contributed by atoms with Gasteiger partial charge in [-0.2, -0.15) is 0 Å². The normalized spacial score (nSPS) is 16.3. The first kappa shape index (κ1) is 13.2. The molecule has 0 aromatic heterocycles. The highest BCUT2D eigenvalue weighted by molar-refractivity contribution is 6.32. The van der Waals surface area contributed by atoms with Crippen molar-refractivity contribution in [2.45, 2.75) is 38.4 Å². The fourth-order valence-corrected chi connectivity index (χ4v) is 1.81. The van der Waals surface area contributed by atoms with Gasteiger partial charge in [0.1, 0.15) is 5.75 Å². The van der Waals surface area contributed by atoms with E-state index < -0.39 is 0 Å². The van der Waals surface area contributed by atoms with Gasteiger partial charge in [0.2, 0.25) is 5.91 Å². The largest absolute Gasteiger partial charge is 0.506 e. The molecule has 1 aromatic carbocycles. The molecule has 0 bridgehead atoms. The maximum Gasteiger partial charge on any atom is 0.237 e. The highest BCUT2D eigenvalue weighted by Crippen LogP contribution is 2.26. The van der Waals surface area contributed by atoms with Crippen molar-refractivity contribution >= 4 is 17.5 Å². The molecule has 3 N–H and O–H groups in total. The van der Waals surface area contributed by atoms with Crippen molar-refractivity contribution in [2.75, 3.05) is 0 Å². The highest BCUT2D eigenvalue weighted by atomic mass is 35.5. The van der Waals surface area contributed by atoms with Crippen LogP contribution in [0.1, 0.15) is 25.3 Å². The number of para-hydroxylation sites is 1. The van der Waals surface area contributed by atoms with Gasteiger partial charge in [0.15, 0.2) is 0 Å². The van der Waals surface area contributed by atoms with E-state index in [1.165, 1.54) is 0 Å². The number of benzene rings is 1. The Hall–Kier alpha value is -1.26. The van der Waals surface area contributed by atoms with E-state index in [0.717, 1.165) is 12.8 Å². The number of nitrogens with one attached hydrogen (secondary N) is 2. The average molecular weight is 269 g/mol. The molecule has 1 amide bonds. The Morgan fingerprint density at radius 1 is 1.56 bits per heavy atom. The SMILES string of the molecule is CC(NCc1cccc(Cl)c1O)C(=O)NC1CC1. The van der Waals surface area contributed by atoms with Crippen molar-refractivity contribution in [3.63, 3.8) is 0 Å². The van der Waals surface area contributed by atoms with Crippen molar-refractivity contribution in [1.82, 2.24) is 10.6 Å². The topological polar surface area (TPSA) is 61.4 Å². The van der Waals surface area contributed by atoms with Crippen LogP contribution >= 0.6 is 11.6 Å². The molecule has 2 rings (SSSR count). The molecule has 0 spiro atoms. The van der Waals surface area contributed by atoms with Crippen LogP contribution in [-0.4, -0.2) is 23.1 Å². The van der Waals surface area contributed by atoms with Crippen LogP contribution in [0.5, 0.6) is 5.75 Å². The summed E-state index contributed by atoms with van der Waals surface area (Å²) in [5, 5.41) is 16.1. The third-order valence-corrected chi connectivity index (χ3v) is 3.29. The zero-order valence-electron chi connectivity index (χ0n) is 10.2. The van der Waals surface area contributed by atoms with E-state index in [1.54, 1.807) is 25.1 Å². The summed E-state index contributed by atoms with van der Waals surface area (Å²) >= 11 is 5.81. The van der Waals surface area contributed by atoms with Crippen molar-refractivity contribution in [3.05, 3.63) is 28.8 Å². The van der Waals surface area contributed by atoms with E-state index >= 15 is 0 Å². The lowest BCUT2D eigenvalue weighted by Crippen LogP contribution is -2.42. The fraction of sp³-hybridized carbons (Fsp3) is 0.462. The lowest BCUT2D eigenvalue weighted by atomic mass is 10.2. The van der Waals surface area contributed by atoms with E-state index in [1.807, 2.05) is 0 Å². The molecule has 5 heteroatoms. The molecule has 1 atom stereocenters. The van der Waals surface area contributed by atoms with Crippen LogP contribution in [0, 0.1) is 0 Å². The third kappa shape index (κ3) is 3.37. The van der Waals surface area contributed by atoms with Crippen molar-refractivity contribution < 1.29 is 9.90 Å². The molecule has 18 heavy (non-hydrogen) atoms. The average Bonchev–Trinajstić information content (AvgIpc) is 3.14. The minimum Gasteiger partial charge on any atom is -0.506 e. The lowest BCUT2D eigenvalue weighted by molar-refractivity contribution is -0.122. The molecule has 0 aliphatic heterocycles. The van der Waals surface area contributed by atoms with Gasteiger partial charge in [0.05, 0.1) is 11.1 Å². The smallest absolute Gasteiger partial charge is 0.237 e. The van der Waals surface area contributed by atoms with Crippen molar-refractivity contribution in [2.24, 2.45) is 0 Å². The van der Waals surface area contributed by atoms with Crippen LogP contribution in [-0.2, 0) is 11.3 Å². The number of rotatable bonds is 5. The van der Waals surface area contributed by atoms with E-state index in [-0.39, 0.29) is 17.7 Å². The predicted octanol–water partition coefficient (Wildman–Crippen LogP) is 1.80. The van der Waals surface area contributed by atoms with Crippen LogP contribution in [0.15, 0.2) is 18.2 Å². The first-order valence-electron chi connectivity index (χ1n) is 6.08. The van der Waals surface area contributed by atoms with Gasteiger partial charge in [-0.05, 0) is 25.8 Å². The van der Waals surface area contributed by atoms with Crippen molar-refractivity contribution in [3.8, 4) is 5.75 Å². The first-order valence-corrected chi connectivity index (χ1v) is 6.46. The molecule has 1 unspecified atom stereocenters. The number of amides is 1. The number of aromatic hydroxyl groups is 1. The Labute approximate surface area is 111 Å². The van der Waals surface area contributed by atoms with Gasteiger partial charge in [-0.25, -0.2) is 0 Å². The third-order valence-electron chi connectivity index (χ3n) is 2.99. The number of hydrogen-bond acceptors (Lipinski definition) is 3. The summed E-state index contributed by atoms with van der Waals surface area (Å²) in [6, 6.07) is 5.25. The van der Waals surface area contributed by atoms with Crippen LogP contribution in [0.25, 0.3) is 0 Å². The lowest BCUT2D eigenvalue weighted by Gasteiger charge is -2.14. The first-order chi connectivity index (χ1) is 8.58. The molecule has 98 valence electrons. The highest BCUT2D eigenvalue weighted by Gasteiger charge is 2.25. The Morgan fingerprint density at radius 2 is 2.28 bits per heavy atom. The zero-order chi connectivity index (χ0) is 13.1. The number of carbonyl (C=O) groups excluding carboxylic acids is 1. The minimum atomic E-state index is -0.288. The zero-order valence-corrected chi connectivity index (χ0v) is 11.0. The van der Waals surface area contributed by atoms with E-state index in [9.17, 15) is 9.90 Å². The van der Waals surface area contributed by atoms with Crippen LogP contribution < -0.4 is 10.6 Å². The van der Waals surface area contributed by atoms with E-state index in [2.05, 4.69) is 10.6 Å². The number of phenols is 1. The molecule has 1 aliphatic rings. The fourth-order valence-electron chi connectivity index (χ4n) is 1.61. The van der Waals surface area contributed by atoms with Gasteiger partial charge in [-0.15, -0.1) is 0 Å². The second-order valence-electron chi connectivity index (χ2n) is 4.63. The van der Waals surface area contributed by atoms with Gasteiger partial charge in [-0.3, -0.25) is 4.79 Å². The van der Waals surface area contributed by atoms with Crippen molar-refractivity contribution in [1.29, 1.82) is 0 Å². The van der Waals surface area contributed by atoms with Gasteiger partial charge >= 0.3 is 0 Å². The predicted molar refractivity (Wildman–Crippen MR) is 70.6 cm³/mol. The molecule has 1 aliphatic carbocycles. The molecule has 1 fully saturated rings. The molecule has 4 nitrogen and oxygen atoms in total. The Bertz CT molecular complexity index is 447.